The minimum atomic E-state index is -4.01. The summed E-state index contributed by atoms with van der Waals surface area (Å²) in [7, 11) is -4.01. The molecule has 45 heavy (non-hydrogen) atoms. The van der Waals surface area contributed by atoms with Crippen LogP contribution in [0.1, 0.15) is 54.4 Å². The maximum absolute atomic E-state index is 13.9. The van der Waals surface area contributed by atoms with Gasteiger partial charge in [-0.15, -0.1) is 10.2 Å². The number of benzene rings is 2. The van der Waals surface area contributed by atoms with Crippen LogP contribution in [0.25, 0.3) is 10.2 Å². The average molecular weight is 671 g/mol. The Morgan fingerprint density at radius 1 is 1.00 bits per heavy atom. The Labute approximate surface area is 271 Å². The molecule has 0 bridgehead atoms. The smallest absolute Gasteiger partial charge is 0.361 e. The van der Waals surface area contributed by atoms with Crippen molar-refractivity contribution in [1.29, 1.82) is 0 Å². The number of aromatic nitrogens is 3. The van der Waals surface area contributed by atoms with E-state index in [9.17, 15) is 18.0 Å². The van der Waals surface area contributed by atoms with Crippen LogP contribution in [0.3, 0.4) is 0 Å². The molecular formula is C31H35ClN6O5S2. The number of hydrogen-bond donors (Lipinski definition) is 1. The van der Waals surface area contributed by atoms with Gasteiger partial charge in [0.2, 0.25) is 15.9 Å². The number of halogens is 1. The summed E-state index contributed by atoms with van der Waals surface area (Å²) in [5, 5.41) is 11.3. The largest absolute Gasteiger partial charge is 0.461 e. The zero-order chi connectivity index (χ0) is 32.1. The molecule has 0 unspecified atom stereocenters. The highest BCUT2D eigenvalue weighted by Crippen LogP contribution is 2.35. The van der Waals surface area contributed by atoms with Crippen molar-refractivity contribution < 1.29 is 22.7 Å². The number of sulfonamides is 1. The van der Waals surface area contributed by atoms with E-state index in [4.69, 9.17) is 16.3 Å². The van der Waals surface area contributed by atoms with Crippen molar-refractivity contribution in [3.63, 3.8) is 0 Å². The minimum absolute atomic E-state index is 0.0284. The Balaban J connectivity index is 1.44. The number of thiazole rings is 1. The molecule has 4 aromatic rings. The first-order chi connectivity index (χ1) is 21.7. The number of amides is 1. The molecule has 11 nitrogen and oxygen atoms in total. The van der Waals surface area contributed by atoms with Gasteiger partial charge in [-0.3, -0.25) is 4.79 Å². The summed E-state index contributed by atoms with van der Waals surface area (Å²) in [5.41, 5.74) is 3.32. The van der Waals surface area contributed by atoms with Gasteiger partial charge in [0.15, 0.2) is 16.0 Å². The Morgan fingerprint density at radius 3 is 2.36 bits per heavy atom. The molecule has 0 aliphatic carbocycles. The van der Waals surface area contributed by atoms with E-state index in [1.807, 2.05) is 36.1 Å². The molecule has 1 atom stereocenters. The number of rotatable bonds is 11. The molecule has 0 radical (unpaired) electrons. The van der Waals surface area contributed by atoms with Crippen LogP contribution < -0.4 is 10.2 Å². The number of ether oxygens (including phenoxy) is 1. The lowest BCUT2D eigenvalue weighted by Gasteiger charge is -2.39. The van der Waals surface area contributed by atoms with Gasteiger partial charge in [0.1, 0.15) is 11.6 Å². The zero-order valence-electron chi connectivity index (χ0n) is 25.3. The topological polar surface area (TPSA) is 135 Å². The van der Waals surface area contributed by atoms with E-state index in [1.54, 1.807) is 31.2 Å². The first-order valence-electron chi connectivity index (χ1n) is 14.9. The average Bonchev–Trinajstić information content (AvgIpc) is 3.51. The second-order valence-corrected chi connectivity index (χ2v) is 13.8. The fourth-order valence-electron chi connectivity index (χ4n) is 5.16. The quantitative estimate of drug-likeness (QED) is 0.227. The molecule has 14 heteroatoms. The van der Waals surface area contributed by atoms with E-state index in [2.05, 4.69) is 27.4 Å². The molecule has 1 saturated heterocycles. The highest BCUT2D eigenvalue weighted by molar-refractivity contribution is 7.89. The van der Waals surface area contributed by atoms with Crippen molar-refractivity contribution in [2.24, 2.45) is 0 Å². The highest BCUT2D eigenvalue weighted by atomic mass is 35.5. The first-order valence-corrected chi connectivity index (χ1v) is 17.5. The van der Waals surface area contributed by atoms with E-state index in [0.717, 1.165) is 30.4 Å². The molecule has 1 N–H and O–H groups in total. The third-order valence-corrected chi connectivity index (χ3v) is 11.0. The predicted molar refractivity (Wildman–Crippen MR) is 174 cm³/mol. The van der Waals surface area contributed by atoms with E-state index in [-0.39, 0.29) is 54.0 Å². The van der Waals surface area contributed by atoms with Crippen LogP contribution in [0.5, 0.6) is 0 Å². The Hall–Kier alpha value is -3.65. The van der Waals surface area contributed by atoms with Crippen LogP contribution in [0.15, 0.2) is 53.4 Å². The van der Waals surface area contributed by atoms with Gasteiger partial charge in [0.25, 0.3) is 0 Å². The fourth-order valence-corrected chi connectivity index (χ4v) is 7.95. The van der Waals surface area contributed by atoms with Gasteiger partial charge in [-0.1, -0.05) is 79.6 Å². The van der Waals surface area contributed by atoms with Crippen LogP contribution in [0, 0.1) is 0 Å². The van der Waals surface area contributed by atoms with Gasteiger partial charge >= 0.3 is 5.97 Å². The van der Waals surface area contributed by atoms with Gasteiger partial charge in [-0.25, -0.2) is 18.2 Å². The number of esters is 1. The van der Waals surface area contributed by atoms with Gasteiger partial charge in [-0.2, -0.15) is 4.31 Å². The molecule has 1 amide bonds. The number of nitrogens with one attached hydrogen (secondary N) is 1. The molecule has 1 aliphatic heterocycles. The summed E-state index contributed by atoms with van der Waals surface area (Å²) in [6, 6.07) is 13.7. The van der Waals surface area contributed by atoms with E-state index in [0.29, 0.717) is 9.83 Å². The fraction of sp³-hybridized carbons (Fsp3) is 0.387. The number of fused-ring (bicyclic) bond motifs is 1. The molecule has 1 fully saturated rings. The van der Waals surface area contributed by atoms with Crippen LogP contribution in [0.4, 0.5) is 5.13 Å². The van der Waals surface area contributed by atoms with Gasteiger partial charge in [-0.05, 0) is 48.6 Å². The van der Waals surface area contributed by atoms with Crippen molar-refractivity contribution in [2.45, 2.75) is 57.5 Å². The minimum Gasteiger partial charge on any atom is -0.461 e. The normalized spacial score (nSPS) is 15.7. The monoisotopic (exact) mass is 670 g/mol. The molecule has 5 rings (SSSR count). The molecule has 2 aromatic heterocycles. The SMILES string of the molecule is CCCc1ccc(CNC(=O)[C@H]2CN(c3nc4c(C(=O)OCC)nnc(Cl)c4s3)CCN2S(=O)(=O)c2ccc(CC)cc2)cc1. The molecule has 1 aliphatic rings. The first kappa shape index (κ1) is 32.7. The van der Waals surface area contributed by atoms with Crippen molar-refractivity contribution >= 4 is 60.2 Å². The number of hydrogen-bond acceptors (Lipinski definition) is 10. The van der Waals surface area contributed by atoms with Gasteiger partial charge in [0.05, 0.1) is 16.2 Å². The summed E-state index contributed by atoms with van der Waals surface area (Å²) >= 11 is 7.51. The number of aryl methyl sites for hydroxylation is 2. The number of piperazine rings is 1. The van der Waals surface area contributed by atoms with Crippen molar-refractivity contribution in [3.05, 3.63) is 76.1 Å². The zero-order valence-corrected chi connectivity index (χ0v) is 27.7. The lowest BCUT2D eigenvalue weighted by atomic mass is 10.1. The summed E-state index contributed by atoms with van der Waals surface area (Å²) < 4.78 is 34.6. The number of carbonyl (C=O) groups excluding carboxylic acids is 2. The van der Waals surface area contributed by atoms with Crippen LogP contribution in [-0.2, 0) is 38.9 Å². The van der Waals surface area contributed by atoms with Crippen molar-refractivity contribution in [2.75, 3.05) is 31.1 Å². The van der Waals surface area contributed by atoms with Crippen LogP contribution in [-0.4, -0.2) is 72.1 Å². The van der Waals surface area contributed by atoms with Crippen LogP contribution in [0.2, 0.25) is 5.15 Å². The maximum atomic E-state index is 13.9. The third kappa shape index (κ3) is 7.11. The van der Waals surface area contributed by atoms with Crippen molar-refractivity contribution in [3.8, 4) is 0 Å². The summed E-state index contributed by atoms with van der Waals surface area (Å²) in [6.07, 6.45) is 2.79. The van der Waals surface area contributed by atoms with Crippen LogP contribution >= 0.6 is 22.9 Å². The number of carbonyl (C=O) groups is 2. The van der Waals surface area contributed by atoms with Crippen molar-refractivity contribution in [1.82, 2.24) is 24.8 Å². The maximum Gasteiger partial charge on any atom is 0.361 e. The Kier molecular flexibility index (Phi) is 10.3. The molecule has 0 saturated carbocycles. The van der Waals surface area contributed by atoms with Gasteiger partial charge in [0, 0.05) is 26.2 Å². The lowest BCUT2D eigenvalue weighted by molar-refractivity contribution is -0.125. The molecule has 238 valence electrons. The van der Waals surface area contributed by atoms with E-state index in [1.165, 1.54) is 21.2 Å². The van der Waals surface area contributed by atoms with E-state index < -0.39 is 27.9 Å². The lowest BCUT2D eigenvalue weighted by Crippen LogP contribution is -2.60. The highest BCUT2D eigenvalue weighted by Gasteiger charge is 2.41. The predicted octanol–water partition coefficient (Wildman–Crippen LogP) is 4.63. The molecule has 3 heterocycles. The van der Waals surface area contributed by atoms with E-state index >= 15 is 0 Å². The summed E-state index contributed by atoms with van der Waals surface area (Å²) in [6.45, 7) is 6.52. The third-order valence-electron chi connectivity index (χ3n) is 7.61. The Morgan fingerprint density at radius 2 is 1.69 bits per heavy atom. The number of anilines is 1. The standard InChI is InChI=1S/C31H35ClN6O5S2/c1-4-7-21-8-10-22(11-9-21)18-33-29(39)24-19-37(16-17-38(24)45(41,42)23-14-12-20(5-2)13-15-23)31-34-25-26(30(40)43-6-3)35-36-28(32)27(25)44-31/h8-15,24H,4-7,16-19H2,1-3H3,(H,33,39)/t24-/m1/s1. The molecular weight excluding hydrogens is 636 g/mol. The second kappa shape index (κ2) is 14.2. The number of nitrogens with zero attached hydrogens (tertiary/aromatic N) is 5. The molecule has 0 spiro atoms. The summed E-state index contributed by atoms with van der Waals surface area (Å²) in [5.74, 6) is -1.10. The summed E-state index contributed by atoms with van der Waals surface area (Å²) in [4.78, 5) is 32.9. The molecule has 2 aromatic carbocycles. The Bertz CT molecular complexity index is 1780. The van der Waals surface area contributed by atoms with Gasteiger partial charge < -0.3 is 15.0 Å². The second-order valence-electron chi connectivity index (χ2n) is 10.6.